The molecule has 0 heterocycles. The van der Waals surface area contributed by atoms with Crippen molar-refractivity contribution in [2.45, 2.75) is 37.3 Å². The maximum absolute atomic E-state index is 10.4. The molecule has 5 heteroatoms. The Balaban J connectivity index is 2.65. The molecule has 0 amide bonds. The minimum atomic E-state index is -0.780. The molecule has 12 heavy (non-hydrogen) atoms. The SMILES string of the molecule is CC1CCC([N+](=O)[O-])C(Cl)C1O. The van der Waals surface area contributed by atoms with Crippen molar-refractivity contribution in [1.82, 2.24) is 0 Å². The number of nitrogens with zero attached hydrogens (tertiary/aromatic N) is 1. The Morgan fingerprint density at radius 2 is 2.17 bits per heavy atom. The molecule has 4 unspecified atom stereocenters. The third-order valence-electron chi connectivity index (χ3n) is 2.47. The summed E-state index contributed by atoms with van der Waals surface area (Å²) in [5.74, 6) is 0.0729. The van der Waals surface area contributed by atoms with E-state index in [1.54, 1.807) is 0 Å². The fraction of sp³-hybridized carbons (Fsp3) is 1.00. The van der Waals surface area contributed by atoms with E-state index in [9.17, 15) is 15.2 Å². The van der Waals surface area contributed by atoms with Crippen molar-refractivity contribution < 1.29 is 10.0 Å². The van der Waals surface area contributed by atoms with E-state index in [1.165, 1.54) is 0 Å². The molecule has 4 nitrogen and oxygen atoms in total. The van der Waals surface area contributed by atoms with Crippen LogP contribution in [-0.2, 0) is 0 Å². The summed E-state index contributed by atoms with van der Waals surface area (Å²) in [7, 11) is 0. The van der Waals surface area contributed by atoms with Gasteiger partial charge in [-0.2, -0.15) is 0 Å². The van der Waals surface area contributed by atoms with Crippen LogP contribution in [0.1, 0.15) is 19.8 Å². The van der Waals surface area contributed by atoms with Gasteiger partial charge >= 0.3 is 0 Å². The zero-order valence-electron chi connectivity index (χ0n) is 6.81. The normalized spacial score (nSPS) is 42.6. The second-order valence-corrected chi connectivity index (χ2v) is 3.85. The Morgan fingerprint density at radius 3 is 2.67 bits per heavy atom. The number of alkyl halides is 1. The van der Waals surface area contributed by atoms with Crippen LogP contribution in [0.2, 0.25) is 0 Å². The highest BCUT2D eigenvalue weighted by Gasteiger charge is 2.41. The first-order valence-electron chi connectivity index (χ1n) is 3.99. The summed E-state index contributed by atoms with van der Waals surface area (Å²) >= 11 is 5.73. The van der Waals surface area contributed by atoms with E-state index in [1.807, 2.05) is 6.92 Å². The molecule has 0 saturated heterocycles. The van der Waals surface area contributed by atoms with E-state index in [-0.39, 0.29) is 5.92 Å². The maximum atomic E-state index is 10.4. The summed E-state index contributed by atoms with van der Waals surface area (Å²) < 4.78 is 0. The zero-order valence-corrected chi connectivity index (χ0v) is 7.57. The third kappa shape index (κ3) is 1.69. The number of aliphatic hydroxyl groups excluding tert-OH is 1. The lowest BCUT2D eigenvalue weighted by atomic mass is 9.85. The van der Waals surface area contributed by atoms with Gasteiger partial charge in [-0.3, -0.25) is 10.1 Å². The van der Waals surface area contributed by atoms with E-state index < -0.39 is 22.4 Å². The fourth-order valence-corrected chi connectivity index (χ4v) is 1.99. The molecule has 0 aliphatic heterocycles. The topological polar surface area (TPSA) is 63.4 Å². The molecule has 1 N–H and O–H groups in total. The van der Waals surface area contributed by atoms with Crippen molar-refractivity contribution in [2.75, 3.05) is 0 Å². The van der Waals surface area contributed by atoms with Crippen LogP contribution in [0.25, 0.3) is 0 Å². The van der Waals surface area contributed by atoms with Gasteiger partial charge in [-0.05, 0) is 12.3 Å². The first-order valence-corrected chi connectivity index (χ1v) is 4.43. The Labute approximate surface area is 75.7 Å². The lowest BCUT2D eigenvalue weighted by molar-refractivity contribution is -0.527. The van der Waals surface area contributed by atoms with Gasteiger partial charge in [-0.1, -0.05) is 6.92 Å². The summed E-state index contributed by atoms with van der Waals surface area (Å²) in [6, 6.07) is -0.780. The summed E-state index contributed by atoms with van der Waals surface area (Å²) in [5.41, 5.74) is 0. The van der Waals surface area contributed by atoms with Gasteiger partial charge in [-0.15, -0.1) is 11.6 Å². The maximum Gasteiger partial charge on any atom is 0.231 e. The van der Waals surface area contributed by atoms with Crippen LogP contribution < -0.4 is 0 Å². The molecule has 0 aromatic heterocycles. The number of hydrogen-bond donors (Lipinski definition) is 1. The Hall–Kier alpha value is -0.350. The van der Waals surface area contributed by atoms with E-state index in [4.69, 9.17) is 11.6 Å². The first kappa shape index (κ1) is 9.74. The summed E-state index contributed by atoms with van der Waals surface area (Å²) in [5, 5.41) is 19.1. The molecule has 0 radical (unpaired) electrons. The number of rotatable bonds is 1. The molecular weight excluding hydrogens is 182 g/mol. The van der Waals surface area contributed by atoms with Gasteiger partial charge in [0, 0.05) is 11.3 Å². The van der Waals surface area contributed by atoms with Gasteiger partial charge in [0.05, 0.1) is 6.10 Å². The number of hydrogen-bond acceptors (Lipinski definition) is 3. The second-order valence-electron chi connectivity index (χ2n) is 3.34. The smallest absolute Gasteiger partial charge is 0.231 e. The first-order chi connectivity index (χ1) is 5.54. The highest BCUT2D eigenvalue weighted by atomic mass is 35.5. The van der Waals surface area contributed by atoms with Crippen LogP contribution in [0.15, 0.2) is 0 Å². The van der Waals surface area contributed by atoms with Gasteiger partial charge < -0.3 is 5.11 Å². The quantitative estimate of drug-likeness (QED) is 0.384. The molecule has 1 aliphatic carbocycles. The predicted molar refractivity (Wildman–Crippen MR) is 44.8 cm³/mol. The van der Waals surface area contributed by atoms with Crippen LogP contribution in [0.5, 0.6) is 0 Å². The minimum absolute atomic E-state index is 0.0729. The Kier molecular flexibility index (Phi) is 2.90. The lowest BCUT2D eigenvalue weighted by Gasteiger charge is -2.30. The van der Waals surface area contributed by atoms with E-state index in [0.717, 1.165) is 0 Å². The zero-order chi connectivity index (χ0) is 9.30. The molecule has 0 bridgehead atoms. The summed E-state index contributed by atoms with van der Waals surface area (Å²) in [6.07, 6.45) is 0.408. The highest BCUT2D eigenvalue weighted by Crippen LogP contribution is 2.29. The van der Waals surface area contributed by atoms with Crippen molar-refractivity contribution in [2.24, 2.45) is 5.92 Å². The Bertz CT molecular complexity index is 187. The summed E-state index contributed by atoms with van der Waals surface area (Å²) in [4.78, 5) is 10.0. The minimum Gasteiger partial charge on any atom is -0.391 e. The van der Waals surface area contributed by atoms with Gasteiger partial charge in [0.25, 0.3) is 0 Å². The number of nitro groups is 1. The van der Waals surface area contributed by atoms with Crippen LogP contribution in [0.3, 0.4) is 0 Å². The number of halogens is 1. The lowest BCUT2D eigenvalue weighted by Crippen LogP contribution is -2.45. The monoisotopic (exact) mass is 193 g/mol. The van der Waals surface area contributed by atoms with Crippen molar-refractivity contribution >= 4 is 11.6 Å². The van der Waals surface area contributed by atoms with Crippen LogP contribution >= 0.6 is 11.6 Å². The van der Waals surface area contributed by atoms with Crippen molar-refractivity contribution in [3.05, 3.63) is 10.1 Å². The highest BCUT2D eigenvalue weighted by molar-refractivity contribution is 6.21. The van der Waals surface area contributed by atoms with E-state index in [2.05, 4.69) is 0 Å². The number of aliphatic hydroxyl groups is 1. The molecule has 70 valence electrons. The molecular formula is C7H12ClNO3. The van der Waals surface area contributed by atoms with Crippen LogP contribution in [-0.4, -0.2) is 27.6 Å². The van der Waals surface area contributed by atoms with Gasteiger partial charge in [0.15, 0.2) is 0 Å². The largest absolute Gasteiger partial charge is 0.391 e. The van der Waals surface area contributed by atoms with Crippen molar-refractivity contribution in [3.8, 4) is 0 Å². The van der Waals surface area contributed by atoms with Crippen LogP contribution in [0.4, 0.5) is 0 Å². The molecule has 0 aromatic carbocycles. The van der Waals surface area contributed by atoms with Gasteiger partial charge in [0.2, 0.25) is 6.04 Å². The molecule has 1 rings (SSSR count). The molecule has 0 spiro atoms. The average Bonchev–Trinajstić information content (AvgIpc) is 2.00. The standard InChI is InChI=1S/C7H12ClNO3/c1-4-2-3-5(9(11)12)6(8)7(4)10/h4-7,10H,2-3H2,1H3. The van der Waals surface area contributed by atoms with E-state index in [0.29, 0.717) is 12.8 Å². The van der Waals surface area contributed by atoms with E-state index >= 15 is 0 Å². The third-order valence-corrected chi connectivity index (χ3v) is 3.01. The average molecular weight is 194 g/mol. The van der Waals surface area contributed by atoms with Crippen molar-refractivity contribution in [3.63, 3.8) is 0 Å². The fourth-order valence-electron chi connectivity index (χ4n) is 1.53. The second kappa shape index (κ2) is 3.58. The summed E-state index contributed by atoms with van der Waals surface area (Å²) in [6.45, 7) is 1.86. The molecule has 1 aliphatic rings. The van der Waals surface area contributed by atoms with Gasteiger partial charge in [0.1, 0.15) is 5.38 Å². The molecule has 1 fully saturated rings. The Morgan fingerprint density at radius 1 is 1.58 bits per heavy atom. The molecule has 1 saturated carbocycles. The van der Waals surface area contributed by atoms with Crippen LogP contribution in [0, 0.1) is 16.0 Å². The van der Waals surface area contributed by atoms with Gasteiger partial charge in [-0.25, -0.2) is 0 Å². The molecule has 0 aromatic rings. The molecule has 4 atom stereocenters. The van der Waals surface area contributed by atoms with Crippen molar-refractivity contribution in [1.29, 1.82) is 0 Å². The predicted octanol–water partition coefficient (Wildman–Crippen LogP) is 1.03.